The highest BCUT2D eigenvalue weighted by Gasteiger charge is 2.34. The maximum absolute atomic E-state index is 10.9. The van der Waals surface area contributed by atoms with Crippen LogP contribution in [0.25, 0.3) is 0 Å². The van der Waals surface area contributed by atoms with Crippen molar-refractivity contribution in [1.82, 2.24) is 0 Å². The summed E-state index contributed by atoms with van der Waals surface area (Å²) in [6.45, 7) is 5.96. The van der Waals surface area contributed by atoms with Gasteiger partial charge in [0.15, 0.2) is 0 Å². The van der Waals surface area contributed by atoms with Gasteiger partial charge in [0.25, 0.3) is 0 Å². The first-order valence-electron chi connectivity index (χ1n) is 4.38. The first kappa shape index (κ1) is 9.30. The zero-order valence-electron chi connectivity index (χ0n) is 7.92. The minimum absolute atomic E-state index is 0.553. The van der Waals surface area contributed by atoms with Crippen molar-refractivity contribution in [1.29, 1.82) is 0 Å². The molecule has 1 N–H and O–H groups in total. The van der Waals surface area contributed by atoms with Crippen LogP contribution in [0.2, 0.25) is 0 Å². The Morgan fingerprint density at radius 3 is 2.75 bits per heavy atom. The van der Waals surface area contributed by atoms with Crippen molar-refractivity contribution >= 4 is 5.97 Å². The summed E-state index contributed by atoms with van der Waals surface area (Å²) in [5.41, 5.74) is 0.600. The molecule has 0 aliphatic heterocycles. The molecule has 0 aromatic heterocycles. The van der Waals surface area contributed by atoms with Crippen LogP contribution in [0.4, 0.5) is 0 Å². The third-order valence-corrected chi connectivity index (χ3v) is 2.91. The third kappa shape index (κ3) is 1.52. The molecule has 0 bridgehead atoms. The van der Waals surface area contributed by atoms with E-state index in [0.717, 1.165) is 12.8 Å². The summed E-state index contributed by atoms with van der Waals surface area (Å²) in [5, 5.41) is 8.96. The molecule has 1 aliphatic rings. The molecule has 1 unspecified atom stereocenters. The Kier molecular flexibility index (Phi) is 2.27. The van der Waals surface area contributed by atoms with Crippen LogP contribution in [-0.2, 0) is 4.79 Å². The molecule has 0 aromatic carbocycles. The average Bonchev–Trinajstić information content (AvgIpc) is 1.97. The quantitative estimate of drug-likeness (QED) is 0.610. The highest BCUT2D eigenvalue weighted by molar-refractivity contribution is 5.77. The summed E-state index contributed by atoms with van der Waals surface area (Å²) in [6, 6.07) is 0. The Balaban J connectivity index is 2.91. The Morgan fingerprint density at radius 2 is 2.33 bits per heavy atom. The lowest BCUT2D eigenvalue weighted by Crippen LogP contribution is -2.29. The van der Waals surface area contributed by atoms with Crippen molar-refractivity contribution in [2.75, 3.05) is 0 Å². The molecule has 2 heteroatoms. The fourth-order valence-electron chi connectivity index (χ4n) is 1.63. The molecule has 0 heterocycles. The molecule has 0 aromatic rings. The van der Waals surface area contributed by atoms with Gasteiger partial charge in [-0.2, -0.15) is 0 Å². The topological polar surface area (TPSA) is 37.3 Å². The van der Waals surface area contributed by atoms with Crippen LogP contribution in [0.5, 0.6) is 0 Å². The van der Waals surface area contributed by atoms with Crippen molar-refractivity contribution in [3.63, 3.8) is 0 Å². The van der Waals surface area contributed by atoms with Gasteiger partial charge in [0.2, 0.25) is 0 Å². The Labute approximate surface area is 73.3 Å². The molecular formula is C10H16O2. The monoisotopic (exact) mass is 168 g/mol. The van der Waals surface area contributed by atoms with Crippen molar-refractivity contribution in [2.45, 2.75) is 33.6 Å². The van der Waals surface area contributed by atoms with Gasteiger partial charge in [-0.1, -0.05) is 18.6 Å². The largest absolute Gasteiger partial charge is 0.481 e. The third-order valence-electron chi connectivity index (χ3n) is 2.91. The summed E-state index contributed by atoms with van der Waals surface area (Å²) in [7, 11) is 0. The predicted octanol–water partition coefficient (Wildman–Crippen LogP) is 2.45. The second-order valence-electron chi connectivity index (χ2n) is 4.05. The number of carboxylic acid groups (broad SMARTS) is 1. The molecule has 1 rings (SSSR count). The van der Waals surface area contributed by atoms with E-state index in [1.807, 2.05) is 13.0 Å². The van der Waals surface area contributed by atoms with Gasteiger partial charge >= 0.3 is 5.97 Å². The van der Waals surface area contributed by atoms with E-state index in [4.69, 9.17) is 5.11 Å². The zero-order valence-corrected chi connectivity index (χ0v) is 7.92. The molecule has 12 heavy (non-hydrogen) atoms. The molecular weight excluding hydrogens is 152 g/mol. The lowest BCUT2D eigenvalue weighted by Gasteiger charge is -2.29. The van der Waals surface area contributed by atoms with Crippen molar-refractivity contribution < 1.29 is 9.90 Å². The first-order valence-corrected chi connectivity index (χ1v) is 4.38. The van der Waals surface area contributed by atoms with Crippen LogP contribution in [0.3, 0.4) is 0 Å². The molecule has 0 saturated carbocycles. The van der Waals surface area contributed by atoms with E-state index in [0.29, 0.717) is 5.92 Å². The van der Waals surface area contributed by atoms with Crippen LogP contribution in [0.1, 0.15) is 33.6 Å². The predicted molar refractivity (Wildman–Crippen MR) is 47.9 cm³/mol. The number of hydrogen-bond acceptors (Lipinski definition) is 1. The maximum Gasteiger partial charge on any atom is 0.313 e. The number of carbonyl (C=O) groups is 1. The van der Waals surface area contributed by atoms with E-state index >= 15 is 0 Å². The SMILES string of the molecule is CC1=CC(C)(C(=O)O)CC[C@H]1C. The average molecular weight is 168 g/mol. The summed E-state index contributed by atoms with van der Waals surface area (Å²) in [5.74, 6) is -0.147. The van der Waals surface area contributed by atoms with E-state index in [2.05, 4.69) is 6.92 Å². The fraction of sp³-hybridized carbons (Fsp3) is 0.700. The summed E-state index contributed by atoms with van der Waals surface area (Å²) < 4.78 is 0. The minimum atomic E-state index is -0.700. The number of carboxylic acids is 1. The fourth-order valence-corrected chi connectivity index (χ4v) is 1.63. The highest BCUT2D eigenvalue weighted by atomic mass is 16.4. The number of rotatable bonds is 1. The van der Waals surface area contributed by atoms with Gasteiger partial charge in [0.1, 0.15) is 0 Å². The van der Waals surface area contributed by atoms with Gasteiger partial charge < -0.3 is 5.11 Å². The Hall–Kier alpha value is -0.790. The van der Waals surface area contributed by atoms with E-state index in [9.17, 15) is 4.79 Å². The lowest BCUT2D eigenvalue weighted by molar-refractivity contribution is -0.145. The molecule has 2 atom stereocenters. The van der Waals surface area contributed by atoms with Crippen LogP contribution >= 0.6 is 0 Å². The Bertz CT molecular complexity index is 230. The molecule has 0 amide bonds. The maximum atomic E-state index is 10.9. The van der Waals surface area contributed by atoms with Crippen LogP contribution in [0, 0.1) is 11.3 Å². The first-order chi connectivity index (χ1) is 5.46. The summed E-state index contributed by atoms with van der Waals surface area (Å²) >= 11 is 0. The van der Waals surface area contributed by atoms with Gasteiger partial charge in [-0.3, -0.25) is 4.79 Å². The normalized spacial score (nSPS) is 35.9. The summed E-state index contributed by atoms with van der Waals surface area (Å²) in [4.78, 5) is 10.9. The summed E-state index contributed by atoms with van der Waals surface area (Å²) in [6.07, 6.45) is 3.66. The zero-order chi connectivity index (χ0) is 9.35. The van der Waals surface area contributed by atoms with Gasteiger partial charge in [-0.05, 0) is 32.6 Å². The van der Waals surface area contributed by atoms with Crippen LogP contribution in [-0.4, -0.2) is 11.1 Å². The van der Waals surface area contributed by atoms with Crippen molar-refractivity contribution in [3.05, 3.63) is 11.6 Å². The van der Waals surface area contributed by atoms with E-state index in [-0.39, 0.29) is 0 Å². The highest BCUT2D eigenvalue weighted by Crippen LogP contribution is 2.36. The molecule has 68 valence electrons. The molecule has 1 aliphatic carbocycles. The van der Waals surface area contributed by atoms with Crippen LogP contribution in [0.15, 0.2) is 11.6 Å². The van der Waals surface area contributed by atoms with Crippen molar-refractivity contribution in [3.8, 4) is 0 Å². The van der Waals surface area contributed by atoms with Gasteiger partial charge in [-0.25, -0.2) is 0 Å². The van der Waals surface area contributed by atoms with E-state index in [1.54, 1.807) is 6.92 Å². The van der Waals surface area contributed by atoms with E-state index < -0.39 is 11.4 Å². The smallest absolute Gasteiger partial charge is 0.313 e. The number of allylic oxidation sites excluding steroid dienone is 1. The lowest BCUT2D eigenvalue weighted by atomic mass is 9.74. The van der Waals surface area contributed by atoms with Crippen molar-refractivity contribution in [2.24, 2.45) is 11.3 Å². The van der Waals surface area contributed by atoms with E-state index in [1.165, 1.54) is 5.57 Å². The number of aliphatic carboxylic acids is 1. The molecule has 2 nitrogen and oxygen atoms in total. The van der Waals surface area contributed by atoms with Gasteiger partial charge in [-0.15, -0.1) is 0 Å². The molecule has 0 radical (unpaired) electrons. The molecule has 0 saturated heterocycles. The minimum Gasteiger partial charge on any atom is -0.481 e. The molecule has 0 spiro atoms. The second-order valence-corrected chi connectivity index (χ2v) is 4.05. The van der Waals surface area contributed by atoms with Gasteiger partial charge in [0, 0.05) is 0 Å². The number of hydrogen-bond donors (Lipinski definition) is 1. The van der Waals surface area contributed by atoms with Crippen LogP contribution < -0.4 is 0 Å². The second kappa shape index (κ2) is 2.92. The Morgan fingerprint density at radius 1 is 1.75 bits per heavy atom. The van der Waals surface area contributed by atoms with Gasteiger partial charge in [0.05, 0.1) is 5.41 Å². The molecule has 0 fully saturated rings. The standard InChI is InChI=1S/C10H16O2/c1-7-4-5-10(3,9(11)12)6-8(7)2/h6-7H,4-5H2,1-3H3,(H,11,12)/t7-,10?/m1/s1.